The average Bonchev–Trinajstić information content (AvgIpc) is 3.23. The lowest BCUT2D eigenvalue weighted by atomic mass is 10.1. The molecule has 1 aromatic carbocycles. The van der Waals surface area contributed by atoms with Gasteiger partial charge in [-0.2, -0.15) is 5.10 Å². The van der Waals surface area contributed by atoms with Crippen molar-refractivity contribution in [1.29, 1.82) is 0 Å². The first-order valence-corrected chi connectivity index (χ1v) is 7.94. The van der Waals surface area contributed by atoms with Crippen LogP contribution in [0.5, 0.6) is 0 Å². The summed E-state index contributed by atoms with van der Waals surface area (Å²) in [6.45, 7) is 8.34. The zero-order valence-electron chi connectivity index (χ0n) is 14.2. The Morgan fingerprint density at radius 3 is 2.62 bits per heavy atom. The summed E-state index contributed by atoms with van der Waals surface area (Å²) in [5, 5.41) is 4.73. The van der Waals surface area contributed by atoms with Crippen molar-refractivity contribution in [1.82, 2.24) is 14.8 Å². The minimum atomic E-state index is -0.191. The van der Waals surface area contributed by atoms with E-state index in [9.17, 15) is 0 Å². The quantitative estimate of drug-likeness (QED) is 0.520. The molecule has 0 spiro atoms. The highest BCUT2D eigenvalue weighted by molar-refractivity contribution is 5.76. The Kier molecular flexibility index (Phi) is 3.13. The largest absolute Gasteiger partial charge is 0.463 e. The molecule has 24 heavy (non-hydrogen) atoms. The second kappa shape index (κ2) is 5.09. The van der Waals surface area contributed by atoms with Gasteiger partial charge < -0.3 is 8.83 Å². The van der Waals surface area contributed by atoms with Crippen LogP contribution in [0, 0.1) is 6.92 Å². The van der Waals surface area contributed by atoms with Crippen molar-refractivity contribution in [3.8, 4) is 23.0 Å². The fraction of sp³-hybridized carbons (Fsp3) is 0.263. The number of benzene rings is 1. The van der Waals surface area contributed by atoms with Crippen molar-refractivity contribution >= 4 is 11.1 Å². The van der Waals surface area contributed by atoms with E-state index in [0.29, 0.717) is 11.6 Å². The first-order valence-electron chi connectivity index (χ1n) is 7.94. The van der Waals surface area contributed by atoms with Crippen LogP contribution in [0.1, 0.15) is 26.3 Å². The molecule has 0 radical (unpaired) electrons. The fourth-order valence-corrected chi connectivity index (χ4v) is 2.74. The molecule has 4 rings (SSSR count). The molecule has 0 aliphatic carbocycles. The molecule has 0 saturated heterocycles. The van der Waals surface area contributed by atoms with Gasteiger partial charge in [-0.25, -0.2) is 4.98 Å². The number of aromatic nitrogens is 3. The Hall–Kier alpha value is -2.82. The Morgan fingerprint density at radius 1 is 1.08 bits per heavy atom. The molecular formula is C19H19N3O2. The maximum atomic E-state index is 5.92. The smallest absolute Gasteiger partial charge is 0.248 e. The van der Waals surface area contributed by atoms with Crippen LogP contribution in [0.4, 0.5) is 0 Å². The number of hydrogen-bond donors (Lipinski definition) is 0. The molecule has 0 fully saturated rings. The second-order valence-corrected chi connectivity index (χ2v) is 6.96. The molecule has 3 heterocycles. The minimum absolute atomic E-state index is 0.191. The summed E-state index contributed by atoms with van der Waals surface area (Å²) >= 11 is 0. The molecule has 3 aromatic heterocycles. The average molecular weight is 321 g/mol. The third-order valence-corrected chi connectivity index (χ3v) is 3.88. The van der Waals surface area contributed by atoms with Crippen molar-refractivity contribution in [2.24, 2.45) is 0 Å². The lowest BCUT2D eigenvalue weighted by Gasteiger charge is -2.21. The van der Waals surface area contributed by atoms with E-state index in [1.165, 1.54) is 0 Å². The molecule has 0 bridgehead atoms. The highest BCUT2D eigenvalue weighted by Crippen LogP contribution is 2.32. The highest BCUT2D eigenvalue weighted by atomic mass is 16.3. The normalized spacial score (nSPS) is 12.2. The van der Waals surface area contributed by atoms with E-state index in [4.69, 9.17) is 13.9 Å². The van der Waals surface area contributed by atoms with Crippen molar-refractivity contribution in [2.45, 2.75) is 33.2 Å². The van der Waals surface area contributed by atoms with Crippen LogP contribution >= 0.6 is 0 Å². The number of aryl methyl sites for hydroxylation is 1. The predicted octanol–water partition coefficient (Wildman–Crippen LogP) is 5.01. The summed E-state index contributed by atoms with van der Waals surface area (Å²) in [6.07, 6.45) is 1.66. The first kappa shape index (κ1) is 14.8. The van der Waals surface area contributed by atoms with Gasteiger partial charge in [-0.15, -0.1) is 0 Å². The van der Waals surface area contributed by atoms with E-state index in [0.717, 1.165) is 28.1 Å². The van der Waals surface area contributed by atoms with Gasteiger partial charge >= 0.3 is 0 Å². The summed E-state index contributed by atoms with van der Waals surface area (Å²) in [4.78, 5) is 4.57. The molecule has 0 N–H and O–H groups in total. The Labute approximate surface area is 139 Å². The predicted molar refractivity (Wildman–Crippen MR) is 92.7 cm³/mol. The van der Waals surface area contributed by atoms with Crippen LogP contribution in [0.25, 0.3) is 34.1 Å². The number of nitrogens with zero attached hydrogens (tertiary/aromatic N) is 3. The zero-order valence-corrected chi connectivity index (χ0v) is 14.2. The summed E-state index contributed by atoms with van der Waals surface area (Å²) in [6, 6.07) is 11.7. The first-order chi connectivity index (χ1) is 11.4. The Morgan fingerprint density at radius 2 is 1.92 bits per heavy atom. The van der Waals surface area contributed by atoms with Gasteiger partial charge in [0.25, 0.3) is 0 Å². The van der Waals surface area contributed by atoms with E-state index in [1.807, 2.05) is 48.0 Å². The van der Waals surface area contributed by atoms with Crippen LogP contribution in [0.2, 0.25) is 0 Å². The monoisotopic (exact) mass is 321 g/mol. The number of furan rings is 1. The molecular weight excluding hydrogens is 302 g/mol. The number of oxazole rings is 1. The summed E-state index contributed by atoms with van der Waals surface area (Å²) in [7, 11) is 0. The molecule has 0 unspecified atom stereocenters. The van der Waals surface area contributed by atoms with Crippen LogP contribution in [-0.2, 0) is 5.54 Å². The van der Waals surface area contributed by atoms with E-state index in [-0.39, 0.29) is 5.54 Å². The van der Waals surface area contributed by atoms with Gasteiger partial charge in [0.1, 0.15) is 16.9 Å². The molecule has 0 saturated carbocycles. The molecule has 0 amide bonds. The molecule has 5 nitrogen and oxygen atoms in total. The SMILES string of the molecule is Cc1ccc2nc(-c3cc(-c4ccco4)n(C(C)(C)C)n3)oc2c1. The third kappa shape index (κ3) is 2.42. The summed E-state index contributed by atoms with van der Waals surface area (Å²) in [5.74, 6) is 1.29. The lowest BCUT2D eigenvalue weighted by Crippen LogP contribution is -2.24. The standard InChI is InChI=1S/C19H19N3O2/c1-12-7-8-13-17(10-12)24-18(20-13)14-11-15(16-6-5-9-23-16)22(21-14)19(2,3)4/h5-11H,1-4H3. The maximum absolute atomic E-state index is 5.92. The number of hydrogen-bond acceptors (Lipinski definition) is 4. The number of fused-ring (bicyclic) bond motifs is 1. The van der Waals surface area contributed by atoms with Crippen molar-refractivity contribution in [2.75, 3.05) is 0 Å². The van der Waals surface area contributed by atoms with Crippen LogP contribution in [0.15, 0.2) is 51.5 Å². The van der Waals surface area contributed by atoms with E-state index in [1.54, 1.807) is 6.26 Å². The van der Waals surface area contributed by atoms with Crippen LogP contribution in [-0.4, -0.2) is 14.8 Å². The van der Waals surface area contributed by atoms with Gasteiger partial charge in [-0.1, -0.05) is 6.07 Å². The van der Waals surface area contributed by atoms with Gasteiger partial charge in [0.05, 0.1) is 11.8 Å². The lowest BCUT2D eigenvalue weighted by molar-refractivity contribution is 0.357. The molecule has 0 aliphatic rings. The van der Waals surface area contributed by atoms with Crippen molar-refractivity contribution < 1.29 is 8.83 Å². The maximum Gasteiger partial charge on any atom is 0.248 e. The van der Waals surface area contributed by atoms with Gasteiger partial charge in [-0.3, -0.25) is 4.68 Å². The van der Waals surface area contributed by atoms with Crippen LogP contribution in [0.3, 0.4) is 0 Å². The van der Waals surface area contributed by atoms with Gasteiger partial charge in [0.15, 0.2) is 11.3 Å². The van der Waals surface area contributed by atoms with E-state index in [2.05, 4.69) is 25.8 Å². The van der Waals surface area contributed by atoms with Crippen molar-refractivity contribution in [3.05, 3.63) is 48.2 Å². The third-order valence-electron chi connectivity index (χ3n) is 3.88. The fourth-order valence-electron chi connectivity index (χ4n) is 2.74. The van der Waals surface area contributed by atoms with Gasteiger partial charge in [0.2, 0.25) is 5.89 Å². The molecule has 0 aliphatic heterocycles. The topological polar surface area (TPSA) is 57.0 Å². The van der Waals surface area contributed by atoms with Gasteiger partial charge in [0, 0.05) is 6.07 Å². The van der Waals surface area contributed by atoms with Gasteiger partial charge in [-0.05, 0) is 57.5 Å². The van der Waals surface area contributed by atoms with Crippen LogP contribution < -0.4 is 0 Å². The zero-order chi connectivity index (χ0) is 16.9. The van der Waals surface area contributed by atoms with E-state index >= 15 is 0 Å². The second-order valence-electron chi connectivity index (χ2n) is 6.96. The summed E-state index contributed by atoms with van der Waals surface area (Å²) in [5.41, 5.74) is 4.16. The minimum Gasteiger partial charge on any atom is -0.463 e. The van der Waals surface area contributed by atoms with E-state index < -0.39 is 0 Å². The molecule has 0 atom stereocenters. The highest BCUT2D eigenvalue weighted by Gasteiger charge is 2.24. The molecule has 122 valence electrons. The Balaban J connectivity index is 1.88. The number of rotatable bonds is 2. The summed E-state index contributed by atoms with van der Waals surface area (Å²) < 4.78 is 13.4. The van der Waals surface area contributed by atoms with Crippen molar-refractivity contribution in [3.63, 3.8) is 0 Å². The molecule has 4 aromatic rings. The molecule has 5 heteroatoms. The Bertz CT molecular complexity index is 1000.